The predicted octanol–water partition coefficient (Wildman–Crippen LogP) is 5.51. The summed E-state index contributed by atoms with van der Waals surface area (Å²) in [6.45, 7) is 7.35. The van der Waals surface area contributed by atoms with Crippen molar-refractivity contribution in [2.45, 2.75) is 71.0 Å². The Morgan fingerprint density at radius 1 is 1.00 bits per heavy atom. The second kappa shape index (κ2) is 13.7. The van der Waals surface area contributed by atoms with E-state index in [1.54, 1.807) is 0 Å². The third kappa shape index (κ3) is 10.0. The van der Waals surface area contributed by atoms with Gasteiger partial charge >= 0.3 is 6.18 Å². The zero-order valence-electron chi connectivity index (χ0n) is 18.8. The molecule has 0 saturated carbocycles. The normalized spacial score (nSPS) is 15.2. The molecule has 1 saturated heterocycles. The number of halogens is 3. The first-order valence-electron chi connectivity index (χ1n) is 11.6. The summed E-state index contributed by atoms with van der Waals surface area (Å²) in [7, 11) is 0. The van der Waals surface area contributed by atoms with E-state index in [9.17, 15) is 18.0 Å². The van der Waals surface area contributed by atoms with Gasteiger partial charge in [-0.25, -0.2) is 0 Å². The molecule has 1 aliphatic rings. The van der Waals surface area contributed by atoms with Crippen molar-refractivity contribution in [3.05, 3.63) is 35.4 Å². The van der Waals surface area contributed by atoms with Crippen LogP contribution in [0.3, 0.4) is 0 Å². The van der Waals surface area contributed by atoms with E-state index < -0.39 is 11.7 Å². The average molecular weight is 443 g/mol. The molecule has 0 spiro atoms. The van der Waals surface area contributed by atoms with Crippen LogP contribution in [0.2, 0.25) is 0 Å². The second-order valence-electron chi connectivity index (χ2n) is 8.34. The second-order valence-corrected chi connectivity index (χ2v) is 8.34. The number of carbonyl (C=O) groups excluding carboxylic acids is 1. The van der Waals surface area contributed by atoms with E-state index >= 15 is 0 Å². The molecule has 0 aliphatic carbocycles. The van der Waals surface area contributed by atoms with Gasteiger partial charge in [-0.3, -0.25) is 9.69 Å². The van der Waals surface area contributed by atoms with Crippen LogP contribution in [-0.2, 0) is 22.3 Å². The number of alkyl halides is 3. The van der Waals surface area contributed by atoms with E-state index in [0.717, 1.165) is 76.2 Å². The zero-order valence-corrected chi connectivity index (χ0v) is 18.8. The summed E-state index contributed by atoms with van der Waals surface area (Å²) in [5.74, 6) is 0.0948. The molecule has 7 heteroatoms. The van der Waals surface area contributed by atoms with E-state index in [-0.39, 0.29) is 5.91 Å². The number of hydrogen-bond donors (Lipinski definition) is 0. The molecule has 1 amide bonds. The Kier molecular flexibility index (Phi) is 11.4. The smallest absolute Gasteiger partial charge is 0.379 e. The van der Waals surface area contributed by atoms with Crippen LogP contribution in [0.15, 0.2) is 24.3 Å². The molecule has 1 aromatic rings. The highest BCUT2D eigenvalue weighted by molar-refractivity contribution is 5.76. The zero-order chi connectivity index (χ0) is 22.5. The van der Waals surface area contributed by atoms with Crippen LogP contribution >= 0.6 is 0 Å². The van der Waals surface area contributed by atoms with E-state index in [0.29, 0.717) is 19.5 Å². The van der Waals surface area contributed by atoms with Gasteiger partial charge in [0.15, 0.2) is 0 Å². The molecule has 1 fully saturated rings. The fraction of sp³-hybridized carbons (Fsp3) is 0.708. The van der Waals surface area contributed by atoms with E-state index in [1.165, 1.54) is 31.4 Å². The quantitative estimate of drug-likeness (QED) is 0.378. The van der Waals surface area contributed by atoms with Crippen molar-refractivity contribution in [3.63, 3.8) is 0 Å². The molecule has 0 atom stereocenters. The standard InChI is InChI=1S/C24H37F3N2O2/c1-2-3-4-5-6-7-9-23(30)29(15-8-14-28-16-18-31-19-17-28)20-21-10-12-22(13-11-21)24(25,26)27/h10-13H,2-9,14-20H2,1H3. The first-order chi connectivity index (χ1) is 14.9. The number of rotatable bonds is 13. The highest BCUT2D eigenvalue weighted by Crippen LogP contribution is 2.29. The number of morpholine rings is 1. The lowest BCUT2D eigenvalue weighted by Gasteiger charge is -2.28. The van der Waals surface area contributed by atoms with Crippen LogP contribution in [0.25, 0.3) is 0 Å². The molecule has 1 aromatic carbocycles. The molecule has 2 rings (SSSR count). The Morgan fingerprint density at radius 2 is 1.65 bits per heavy atom. The topological polar surface area (TPSA) is 32.8 Å². The van der Waals surface area contributed by atoms with Crippen LogP contribution in [-0.4, -0.2) is 55.1 Å². The molecule has 0 radical (unpaired) electrons. The maximum atomic E-state index is 12.9. The molecule has 0 bridgehead atoms. The van der Waals surface area contributed by atoms with Gasteiger partial charge in [-0.15, -0.1) is 0 Å². The van der Waals surface area contributed by atoms with Crippen molar-refractivity contribution < 1.29 is 22.7 Å². The Labute approximate surface area is 184 Å². The van der Waals surface area contributed by atoms with Crippen molar-refractivity contribution in [1.29, 1.82) is 0 Å². The van der Waals surface area contributed by atoms with Gasteiger partial charge in [-0.1, -0.05) is 51.2 Å². The first kappa shape index (κ1) is 25.7. The van der Waals surface area contributed by atoms with Crippen molar-refractivity contribution in [2.75, 3.05) is 39.4 Å². The third-order valence-corrected chi connectivity index (χ3v) is 5.76. The lowest BCUT2D eigenvalue weighted by atomic mass is 10.1. The molecule has 1 heterocycles. The fourth-order valence-corrected chi connectivity index (χ4v) is 3.84. The number of nitrogens with zero attached hydrogens (tertiary/aromatic N) is 2. The number of benzene rings is 1. The van der Waals surface area contributed by atoms with Crippen LogP contribution in [0.1, 0.15) is 69.4 Å². The molecule has 0 aromatic heterocycles. The monoisotopic (exact) mass is 442 g/mol. The molecule has 1 aliphatic heterocycles. The molecule has 0 unspecified atom stereocenters. The molecule has 31 heavy (non-hydrogen) atoms. The third-order valence-electron chi connectivity index (χ3n) is 5.76. The number of carbonyl (C=O) groups is 1. The highest BCUT2D eigenvalue weighted by atomic mass is 19.4. The van der Waals surface area contributed by atoms with Crippen molar-refractivity contribution in [3.8, 4) is 0 Å². The van der Waals surface area contributed by atoms with Crippen molar-refractivity contribution >= 4 is 5.91 Å². The molecular weight excluding hydrogens is 405 g/mol. The van der Waals surface area contributed by atoms with Crippen LogP contribution in [0.5, 0.6) is 0 Å². The number of unbranched alkanes of at least 4 members (excludes halogenated alkanes) is 5. The summed E-state index contributed by atoms with van der Waals surface area (Å²) in [6, 6.07) is 5.16. The van der Waals surface area contributed by atoms with E-state index in [2.05, 4.69) is 11.8 Å². The lowest BCUT2D eigenvalue weighted by Crippen LogP contribution is -2.39. The summed E-state index contributed by atoms with van der Waals surface area (Å²) in [6.07, 6.45) is 3.72. The van der Waals surface area contributed by atoms with E-state index in [1.807, 2.05) is 4.90 Å². The minimum Gasteiger partial charge on any atom is -0.379 e. The van der Waals surface area contributed by atoms with Gasteiger partial charge in [0.1, 0.15) is 0 Å². The predicted molar refractivity (Wildman–Crippen MR) is 117 cm³/mol. The maximum absolute atomic E-state index is 12.9. The molecule has 176 valence electrons. The van der Waals surface area contributed by atoms with Gasteiger partial charge in [0, 0.05) is 39.1 Å². The SMILES string of the molecule is CCCCCCCCC(=O)N(CCCN1CCOCC1)Cc1ccc(C(F)(F)F)cc1. The summed E-state index contributed by atoms with van der Waals surface area (Å²) >= 11 is 0. The Morgan fingerprint density at radius 3 is 2.29 bits per heavy atom. The van der Waals surface area contributed by atoms with Gasteiger partial charge in [0.05, 0.1) is 18.8 Å². The molecular formula is C24H37F3N2O2. The van der Waals surface area contributed by atoms with E-state index in [4.69, 9.17) is 4.74 Å². The minimum absolute atomic E-state index is 0.0948. The largest absolute Gasteiger partial charge is 0.416 e. The van der Waals surface area contributed by atoms with Crippen LogP contribution < -0.4 is 0 Å². The van der Waals surface area contributed by atoms with Gasteiger partial charge in [0.2, 0.25) is 5.91 Å². The molecule has 4 nitrogen and oxygen atoms in total. The lowest BCUT2D eigenvalue weighted by molar-refractivity contribution is -0.137. The minimum atomic E-state index is -4.34. The van der Waals surface area contributed by atoms with Gasteiger partial charge < -0.3 is 9.64 Å². The van der Waals surface area contributed by atoms with Crippen molar-refractivity contribution in [1.82, 2.24) is 9.80 Å². The fourth-order valence-electron chi connectivity index (χ4n) is 3.84. The van der Waals surface area contributed by atoms with Crippen molar-refractivity contribution in [2.24, 2.45) is 0 Å². The molecule has 0 N–H and O–H groups in total. The van der Waals surface area contributed by atoms with Crippen LogP contribution in [0, 0.1) is 0 Å². The van der Waals surface area contributed by atoms with Gasteiger partial charge in [-0.2, -0.15) is 13.2 Å². The summed E-state index contributed by atoms with van der Waals surface area (Å²) in [5, 5.41) is 0. The highest BCUT2D eigenvalue weighted by Gasteiger charge is 2.30. The number of ether oxygens (including phenoxy) is 1. The number of amides is 1. The van der Waals surface area contributed by atoms with Gasteiger partial charge in [-0.05, 0) is 30.5 Å². The van der Waals surface area contributed by atoms with Gasteiger partial charge in [0.25, 0.3) is 0 Å². The Balaban J connectivity index is 1.88. The summed E-state index contributed by atoms with van der Waals surface area (Å²) in [4.78, 5) is 17.0. The summed E-state index contributed by atoms with van der Waals surface area (Å²) in [5.41, 5.74) is 0.0733. The van der Waals surface area contributed by atoms with Crippen LogP contribution in [0.4, 0.5) is 13.2 Å². The average Bonchev–Trinajstić information content (AvgIpc) is 2.76. The summed E-state index contributed by atoms with van der Waals surface area (Å²) < 4.78 is 43.8. The Hall–Kier alpha value is -1.60. The first-order valence-corrected chi connectivity index (χ1v) is 11.6. The maximum Gasteiger partial charge on any atom is 0.416 e. The Bertz CT molecular complexity index is 629. The number of hydrogen-bond acceptors (Lipinski definition) is 3.